The molecule has 2 rings (SSSR count). The van der Waals surface area contributed by atoms with Gasteiger partial charge in [-0.15, -0.1) is 0 Å². The molecular formula is C14H16ClN3O3. The van der Waals surface area contributed by atoms with E-state index in [-0.39, 0.29) is 11.8 Å². The Balaban J connectivity index is 2.05. The summed E-state index contributed by atoms with van der Waals surface area (Å²) in [7, 11) is 0. The van der Waals surface area contributed by atoms with Crippen molar-refractivity contribution in [2.75, 3.05) is 5.32 Å². The maximum Gasteiger partial charge on any atom is 0.413 e. The van der Waals surface area contributed by atoms with Gasteiger partial charge < -0.3 is 4.74 Å². The van der Waals surface area contributed by atoms with Gasteiger partial charge in [-0.1, -0.05) is 30.7 Å². The molecule has 0 spiro atoms. The molecule has 112 valence electrons. The Kier molecular flexibility index (Phi) is 4.80. The lowest BCUT2D eigenvalue weighted by atomic mass is 9.94. The normalized spacial score (nSPS) is 19.3. The third-order valence-corrected chi connectivity index (χ3v) is 3.05. The zero-order valence-corrected chi connectivity index (χ0v) is 12.5. The van der Waals surface area contributed by atoms with Crippen molar-refractivity contribution in [1.29, 1.82) is 0 Å². The quantitative estimate of drug-likeness (QED) is 0.842. The second kappa shape index (κ2) is 6.58. The minimum Gasteiger partial charge on any atom is -0.430 e. The first kappa shape index (κ1) is 15.3. The number of carbonyl (C=O) groups is 2. The van der Waals surface area contributed by atoms with E-state index in [0.29, 0.717) is 12.1 Å². The van der Waals surface area contributed by atoms with Gasteiger partial charge in [-0.3, -0.25) is 10.1 Å². The van der Waals surface area contributed by atoms with Gasteiger partial charge in [0.25, 0.3) is 0 Å². The first-order valence-corrected chi connectivity index (χ1v) is 6.98. The van der Waals surface area contributed by atoms with Gasteiger partial charge in [-0.05, 0) is 24.6 Å². The number of amides is 2. The fourth-order valence-corrected chi connectivity index (χ4v) is 2.10. The molecule has 2 N–H and O–H groups in total. The highest BCUT2D eigenvalue weighted by molar-refractivity contribution is 6.20. The summed E-state index contributed by atoms with van der Waals surface area (Å²) in [4.78, 5) is 22.6. The summed E-state index contributed by atoms with van der Waals surface area (Å²) in [5.74, 6) is -0.0258. The first-order valence-electron chi connectivity index (χ1n) is 6.54. The first-order chi connectivity index (χ1) is 9.95. The molecule has 0 aliphatic carbocycles. The van der Waals surface area contributed by atoms with Gasteiger partial charge in [-0.25, -0.2) is 10.2 Å². The molecule has 1 heterocycles. The van der Waals surface area contributed by atoms with Gasteiger partial charge in [-0.2, -0.15) is 5.10 Å². The van der Waals surface area contributed by atoms with E-state index in [1.807, 2.05) is 19.1 Å². The highest BCUT2D eigenvalue weighted by Gasteiger charge is 2.21. The van der Waals surface area contributed by atoms with Crippen LogP contribution >= 0.6 is 11.6 Å². The second-order valence-corrected chi connectivity index (χ2v) is 5.40. The summed E-state index contributed by atoms with van der Waals surface area (Å²) in [5.41, 5.74) is 4.09. The zero-order chi connectivity index (χ0) is 15.4. The van der Waals surface area contributed by atoms with Crippen LogP contribution in [0.4, 0.5) is 10.5 Å². The molecule has 0 radical (unpaired) electrons. The molecule has 0 saturated heterocycles. The van der Waals surface area contributed by atoms with Crippen LogP contribution in [-0.2, 0) is 9.53 Å². The average Bonchev–Trinajstić information content (AvgIpc) is 2.39. The van der Waals surface area contributed by atoms with Crippen molar-refractivity contribution < 1.29 is 14.3 Å². The lowest BCUT2D eigenvalue weighted by molar-refractivity contribution is -0.121. The molecular weight excluding hydrogens is 294 g/mol. The van der Waals surface area contributed by atoms with E-state index in [1.54, 1.807) is 19.1 Å². The summed E-state index contributed by atoms with van der Waals surface area (Å²) >= 11 is 5.56. The lowest BCUT2D eigenvalue weighted by Crippen LogP contribution is -2.31. The SMILES string of the molecule is CC(Cl)OC(=O)Nc1ccc(C2=NNC(=O)CC2C)cc1. The van der Waals surface area contributed by atoms with E-state index in [4.69, 9.17) is 16.3 Å². The Bertz CT molecular complexity index is 569. The summed E-state index contributed by atoms with van der Waals surface area (Å²) in [6.07, 6.45) is -0.195. The molecule has 0 saturated carbocycles. The Morgan fingerprint density at radius 1 is 1.48 bits per heavy atom. The smallest absolute Gasteiger partial charge is 0.413 e. The molecule has 2 unspecified atom stereocenters. The van der Waals surface area contributed by atoms with Crippen molar-refractivity contribution in [2.45, 2.75) is 25.8 Å². The predicted octanol–water partition coefficient (Wildman–Crippen LogP) is 2.68. The largest absolute Gasteiger partial charge is 0.430 e. The summed E-state index contributed by atoms with van der Waals surface area (Å²) in [6, 6.07) is 7.13. The van der Waals surface area contributed by atoms with E-state index >= 15 is 0 Å². The van der Waals surface area contributed by atoms with Crippen LogP contribution in [0.1, 0.15) is 25.8 Å². The Morgan fingerprint density at radius 3 is 2.71 bits per heavy atom. The molecule has 6 nitrogen and oxygen atoms in total. The van der Waals surface area contributed by atoms with Crippen molar-refractivity contribution in [3.63, 3.8) is 0 Å². The summed E-state index contributed by atoms with van der Waals surface area (Å²) in [6.45, 7) is 3.50. The third kappa shape index (κ3) is 4.19. The van der Waals surface area contributed by atoms with Gasteiger partial charge in [0.1, 0.15) is 0 Å². The minimum atomic E-state index is -0.690. The molecule has 2 atom stereocenters. The van der Waals surface area contributed by atoms with Crippen molar-refractivity contribution in [3.8, 4) is 0 Å². The number of ether oxygens (including phenoxy) is 1. The van der Waals surface area contributed by atoms with E-state index in [9.17, 15) is 9.59 Å². The van der Waals surface area contributed by atoms with Crippen LogP contribution in [0.5, 0.6) is 0 Å². The number of nitrogens with one attached hydrogen (secondary N) is 2. The molecule has 1 aliphatic rings. The third-order valence-electron chi connectivity index (χ3n) is 2.96. The number of hydrazone groups is 1. The number of hydrogen-bond donors (Lipinski definition) is 2. The Labute approximate surface area is 127 Å². The maximum absolute atomic E-state index is 11.4. The number of nitrogens with zero attached hydrogens (tertiary/aromatic N) is 1. The minimum absolute atomic E-state index is 0.0552. The Hall–Kier alpha value is -2.08. The van der Waals surface area contributed by atoms with Crippen LogP contribution in [0.25, 0.3) is 0 Å². The number of carbonyl (C=O) groups excluding carboxylic acids is 2. The van der Waals surface area contributed by atoms with Crippen LogP contribution in [-0.4, -0.2) is 23.3 Å². The molecule has 1 aromatic carbocycles. The monoisotopic (exact) mass is 309 g/mol. The fourth-order valence-electron chi connectivity index (χ4n) is 2.02. The number of halogens is 1. The number of anilines is 1. The van der Waals surface area contributed by atoms with Crippen LogP contribution in [0.2, 0.25) is 0 Å². The van der Waals surface area contributed by atoms with Gasteiger partial charge in [0.15, 0.2) is 5.56 Å². The van der Waals surface area contributed by atoms with Gasteiger partial charge >= 0.3 is 6.09 Å². The van der Waals surface area contributed by atoms with Crippen LogP contribution in [0.15, 0.2) is 29.4 Å². The molecule has 0 bridgehead atoms. The topological polar surface area (TPSA) is 79.8 Å². The Morgan fingerprint density at radius 2 is 2.14 bits per heavy atom. The highest BCUT2D eigenvalue weighted by atomic mass is 35.5. The second-order valence-electron chi connectivity index (χ2n) is 4.79. The number of alkyl halides is 1. The fraction of sp³-hybridized carbons (Fsp3) is 0.357. The standard InChI is InChI=1S/C14H16ClN3O3/c1-8-7-12(19)17-18-13(8)10-3-5-11(6-4-10)16-14(20)21-9(2)15/h3-6,8-9H,7H2,1-2H3,(H,16,20)(H,17,19). The molecule has 0 aromatic heterocycles. The predicted molar refractivity (Wildman–Crippen MR) is 80.3 cm³/mol. The number of benzene rings is 1. The van der Waals surface area contributed by atoms with E-state index in [1.165, 1.54) is 0 Å². The molecule has 2 amide bonds. The zero-order valence-electron chi connectivity index (χ0n) is 11.7. The van der Waals surface area contributed by atoms with Gasteiger partial charge in [0.2, 0.25) is 5.91 Å². The molecule has 1 aliphatic heterocycles. The van der Waals surface area contributed by atoms with Crippen molar-refractivity contribution in [2.24, 2.45) is 11.0 Å². The highest BCUT2D eigenvalue weighted by Crippen LogP contribution is 2.18. The van der Waals surface area contributed by atoms with E-state index in [2.05, 4.69) is 15.8 Å². The van der Waals surface area contributed by atoms with Gasteiger partial charge in [0.05, 0.1) is 5.71 Å². The maximum atomic E-state index is 11.4. The van der Waals surface area contributed by atoms with Crippen molar-refractivity contribution in [3.05, 3.63) is 29.8 Å². The molecule has 1 aromatic rings. The van der Waals surface area contributed by atoms with Gasteiger partial charge in [0, 0.05) is 18.0 Å². The molecule has 0 fully saturated rings. The van der Waals surface area contributed by atoms with Crippen molar-refractivity contribution >= 4 is 35.0 Å². The summed E-state index contributed by atoms with van der Waals surface area (Å²) in [5, 5.41) is 6.65. The molecule has 7 heteroatoms. The average molecular weight is 310 g/mol. The summed E-state index contributed by atoms with van der Waals surface area (Å²) < 4.78 is 4.77. The molecule has 21 heavy (non-hydrogen) atoms. The van der Waals surface area contributed by atoms with Crippen molar-refractivity contribution in [1.82, 2.24) is 5.43 Å². The van der Waals surface area contributed by atoms with E-state index < -0.39 is 11.7 Å². The van der Waals surface area contributed by atoms with Crippen LogP contribution < -0.4 is 10.7 Å². The lowest BCUT2D eigenvalue weighted by Gasteiger charge is -2.19. The van der Waals surface area contributed by atoms with E-state index in [0.717, 1.165) is 11.3 Å². The van der Waals surface area contributed by atoms with Crippen LogP contribution in [0.3, 0.4) is 0 Å². The van der Waals surface area contributed by atoms with Crippen LogP contribution in [0, 0.1) is 5.92 Å². The number of hydrogen-bond acceptors (Lipinski definition) is 4. The number of rotatable bonds is 3.